The van der Waals surface area contributed by atoms with Crippen LogP contribution in [0.5, 0.6) is 5.88 Å². The van der Waals surface area contributed by atoms with Gasteiger partial charge in [0.25, 0.3) is 5.88 Å². The van der Waals surface area contributed by atoms with Crippen molar-refractivity contribution in [3.8, 4) is 5.88 Å². The van der Waals surface area contributed by atoms with E-state index in [2.05, 4.69) is 20.0 Å². The minimum Gasteiger partial charge on any atom is -0.470 e. The van der Waals surface area contributed by atoms with Gasteiger partial charge < -0.3 is 14.8 Å². The predicted molar refractivity (Wildman–Crippen MR) is 85.5 cm³/mol. The Hall–Kier alpha value is -3.23. The highest BCUT2D eigenvalue weighted by Crippen LogP contribution is 2.33. The van der Waals surface area contributed by atoms with Crippen molar-refractivity contribution in [2.24, 2.45) is 0 Å². The van der Waals surface area contributed by atoms with Crippen LogP contribution in [0, 0.1) is 10.1 Å². The van der Waals surface area contributed by atoms with Gasteiger partial charge in [-0.25, -0.2) is 9.78 Å². The SMILES string of the molecule is COC(=O)c1ccc(Nc2ncnc(OC(C)C)c2[N+](=O)[O-])cc1. The monoisotopic (exact) mass is 332 g/mol. The van der Waals surface area contributed by atoms with E-state index in [1.54, 1.807) is 26.0 Å². The van der Waals surface area contributed by atoms with Gasteiger partial charge in [-0.2, -0.15) is 4.98 Å². The van der Waals surface area contributed by atoms with Crippen molar-refractivity contribution in [1.29, 1.82) is 0 Å². The number of nitrogens with zero attached hydrogens (tertiary/aromatic N) is 3. The third-order valence-corrected chi connectivity index (χ3v) is 2.89. The molecule has 1 aromatic carbocycles. The molecule has 0 saturated heterocycles. The Labute approximate surface area is 137 Å². The van der Waals surface area contributed by atoms with E-state index in [0.29, 0.717) is 11.3 Å². The number of aromatic nitrogens is 2. The maximum atomic E-state index is 11.4. The second-order valence-electron chi connectivity index (χ2n) is 4.99. The highest BCUT2D eigenvalue weighted by molar-refractivity contribution is 5.89. The van der Waals surface area contributed by atoms with Gasteiger partial charge in [0.2, 0.25) is 5.82 Å². The van der Waals surface area contributed by atoms with E-state index in [4.69, 9.17) is 4.74 Å². The summed E-state index contributed by atoms with van der Waals surface area (Å²) in [6.07, 6.45) is 0.904. The van der Waals surface area contributed by atoms with Crippen LogP contribution < -0.4 is 10.1 Å². The summed E-state index contributed by atoms with van der Waals surface area (Å²) >= 11 is 0. The summed E-state index contributed by atoms with van der Waals surface area (Å²) in [5.41, 5.74) is 0.521. The lowest BCUT2D eigenvalue weighted by Gasteiger charge is -2.11. The van der Waals surface area contributed by atoms with E-state index in [-0.39, 0.29) is 23.5 Å². The molecule has 9 nitrogen and oxygen atoms in total. The third kappa shape index (κ3) is 3.94. The van der Waals surface area contributed by atoms with E-state index in [9.17, 15) is 14.9 Å². The standard InChI is InChI=1S/C15H16N4O5/c1-9(2)24-14-12(19(21)22)13(16-8-17-14)18-11-6-4-10(5-7-11)15(20)23-3/h4-9H,1-3H3,(H,16,17,18). The van der Waals surface area contributed by atoms with Crippen LogP contribution >= 0.6 is 0 Å². The van der Waals surface area contributed by atoms with Crippen LogP contribution in [0.4, 0.5) is 17.2 Å². The first-order valence-corrected chi connectivity index (χ1v) is 7.03. The van der Waals surface area contributed by atoms with Gasteiger partial charge in [-0.05, 0) is 38.1 Å². The molecule has 0 aliphatic carbocycles. The van der Waals surface area contributed by atoms with Gasteiger partial charge in [-0.1, -0.05) is 0 Å². The molecule has 0 aliphatic rings. The predicted octanol–water partition coefficient (Wildman–Crippen LogP) is 2.70. The molecule has 0 spiro atoms. The van der Waals surface area contributed by atoms with E-state index in [1.165, 1.54) is 25.6 Å². The Morgan fingerprint density at radius 2 is 1.92 bits per heavy atom. The number of carbonyl (C=O) groups is 1. The number of anilines is 2. The molecule has 0 radical (unpaired) electrons. The van der Waals surface area contributed by atoms with Gasteiger partial charge in [-0.3, -0.25) is 10.1 Å². The van der Waals surface area contributed by atoms with E-state index >= 15 is 0 Å². The van der Waals surface area contributed by atoms with Gasteiger partial charge in [0.1, 0.15) is 6.33 Å². The zero-order chi connectivity index (χ0) is 17.7. The quantitative estimate of drug-likeness (QED) is 0.487. The first-order valence-electron chi connectivity index (χ1n) is 7.03. The van der Waals surface area contributed by atoms with E-state index in [0.717, 1.165) is 0 Å². The second kappa shape index (κ2) is 7.36. The normalized spacial score (nSPS) is 10.3. The lowest BCUT2D eigenvalue weighted by atomic mass is 10.2. The Kier molecular flexibility index (Phi) is 5.25. The zero-order valence-electron chi connectivity index (χ0n) is 13.3. The fourth-order valence-corrected chi connectivity index (χ4v) is 1.87. The maximum Gasteiger partial charge on any atom is 0.373 e. The number of esters is 1. The summed E-state index contributed by atoms with van der Waals surface area (Å²) in [5, 5.41) is 14.2. The van der Waals surface area contributed by atoms with Gasteiger partial charge in [0.15, 0.2) is 0 Å². The molecule has 1 aromatic heterocycles. The first-order chi connectivity index (χ1) is 11.4. The van der Waals surface area contributed by atoms with Gasteiger partial charge in [0.05, 0.1) is 23.7 Å². The molecule has 0 bridgehead atoms. The van der Waals surface area contributed by atoms with Crippen LogP contribution in [-0.4, -0.2) is 34.1 Å². The minimum absolute atomic E-state index is 0.00327. The minimum atomic E-state index is -0.608. The molecule has 0 atom stereocenters. The molecular formula is C15H16N4O5. The van der Waals surface area contributed by atoms with Crippen molar-refractivity contribution in [3.05, 3.63) is 46.3 Å². The summed E-state index contributed by atoms with van der Waals surface area (Å²) < 4.78 is 9.97. The van der Waals surface area contributed by atoms with Crippen molar-refractivity contribution >= 4 is 23.2 Å². The van der Waals surface area contributed by atoms with Gasteiger partial charge in [-0.15, -0.1) is 0 Å². The van der Waals surface area contributed by atoms with Crippen LogP contribution in [0.15, 0.2) is 30.6 Å². The Bertz CT molecular complexity index is 746. The van der Waals surface area contributed by atoms with Crippen molar-refractivity contribution in [1.82, 2.24) is 9.97 Å². The lowest BCUT2D eigenvalue weighted by molar-refractivity contribution is -0.385. The number of ether oxygens (including phenoxy) is 2. The number of hydrogen-bond donors (Lipinski definition) is 1. The highest BCUT2D eigenvalue weighted by Gasteiger charge is 2.25. The van der Waals surface area contributed by atoms with Crippen LogP contribution in [-0.2, 0) is 4.74 Å². The summed E-state index contributed by atoms with van der Waals surface area (Å²) in [4.78, 5) is 29.9. The Balaban J connectivity index is 2.32. The molecule has 0 aliphatic heterocycles. The first kappa shape index (κ1) is 17.1. The molecule has 0 fully saturated rings. The van der Waals surface area contributed by atoms with E-state index < -0.39 is 10.9 Å². The van der Waals surface area contributed by atoms with Crippen LogP contribution in [0.3, 0.4) is 0 Å². The molecule has 24 heavy (non-hydrogen) atoms. The molecule has 9 heteroatoms. The molecule has 1 N–H and O–H groups in total. The summed E-state index contributed by atoms with van der Waals surface area (Å²) in [6, 6.07) is 6.24. The topological polar surface area (TPSA) is 116 Å². The molecule has 126 valence electrons. The van der Waals surface area contributed by atoms with Crippen LogP contribution in [0.2, 0.25) is 0 Å². The fraction of sp³-hybridized carbons (Fsp3) is 0.267. The smallest absolute Gasteiger partial charge is 0.373 e. The van der Waals surface area contributed by atoms with E-state index in [1.807, 2.05) is 0 Å². The number of nitrogens with one attached hydrogen (secondary N) is 1. The zero-order valence-corrected chi connectivity index (χ0v) is 13.3. The van der Waals surface area contributed by atoms with Crippen LogP contribution in [0.25, 0.3) is 0 Å². The average molecular weight is 332 g/mol. The number of nitro groups is 1. The lowest BCUT2D eigenvalue weighted by Crippen LogP contribution is -2.11. The average Bonchev–Trinajstić information content (AvgIpc) is 2.54. The molecule has 2 aromatic rings. The molecule has 0 saturated carbocycles. The Morgan fingerprint density at radius 1 is 1.25 bits per heavy atom. The van der Waals surface area contributed by atoms with Crippen molar-refractivity contribution in [2.45, 2.75) is 20.0 Å². The second-order valence-corrected chi connectivity index (χ2v) is 4.99. The number of carbonyl (C=O) groups excluding carboxylic acids is 1. The Morgan fingerprint density at radius 3 is 2.46 bits per heavy atom. The largest absolute Gasteiger partial charge is 0.470 e. The highest BCUT2D eigenvalue weighted by atomic mass is 16.6. The molecular weight excluding hydrogens is 316 g/mol. The maximum absolute atomic E-state index is 11.4. The molecule has 0 amide bonds. The number of methoxy groups -OCH3 is 1. The molecule has 1 heterocycles. The number of benzene rings is 1. The van der Waals surface area contributed by atoms with Crippen molar-refractivity contribution in [3.63, 3.8) is 0 Å². The third-order valence-electron chi connectivity index (χ3n) is 2.89. The van der Waals surface area contributed by atoms with Crippen molar-refractivity contribution in [2.75, 3.05) is 12.4 Å². The fourth-order valence-electron chi connectivity index (χ4n) is 1.87. The summed E-state index contributed by atoms with van der Waals surface area (Å²) in [7, 11) is 1.29. The van der Waals surface area contributed by atoms with Crippen molar-refractivity contribution < 1.29 is 19.2 Å². The van der Waals surface area contributed by atoms with Gasteiger partial charge in [0, 0.05) is 5.69 Å². The molecule has 2 rings (SSSR count). The van der Waals surface area contributed by atoms with Crippen LogP contribution in [0.1, 0.15) is 24.2 Å². The number of rotatable bonds is 6. The summed E-state index contributed by atoms with van der Waals surface area (Å²) in [5.74, 6) is -0.586. The summed E-state index contributed by atoms with van der Waals surface area (Å²) in [6.45, 7) is 3.48. The number of hydrogen-bond acceptors (Lipinski definition) is 8. The molecule has 0 unspecified atom stereocenters. The van der Waals surface area contributed by atoms with Gasteiger partial charge >= 0.3 is 11.7 Å².